The van der Waals surface area contributed by atoms with Crippen molar-refractivity contribution in [1.82, 2.24) is 0 Å². The molecule has 0 spiro atoms. The quantitative estimate of drug-likeness (QED) is 0.324. The van der Waals surface area contributed by atoms with Gasteiger partial charge >= 0.3 is 12.0 Å². The van der Waals surface area contributed by atoms with Crippen LogP contribution in [0.1, 0.15) is 5.56 Å². The number of rotatable bonds is 9. The molecule has 0 atom stereocenters. The normalized spacial score (nSPS) is 11.0. The van der Waals surface area contributed by atoms with Gasteiger partial charge in [-0.3, -0.25) is 4.72 Å². The fourth-order valence-corrected chi connectivity index (χ4v) is 4.37. The van der Waals surface area contributed by atoms with Crippen LogP contribution in [0.2, 0.25) is 0 Å². The molecule has 0 unspecified atom stereocenters. The number of aliphatic carboxylic acids is 1. The lowest BCUT2D eigenvalue weighted by Crippen LogP contribution is -2.19. The van der Waals surface area contributed by atoms with Crippen LogP contribution in [0, 0.1) is 0 Å². The molecule has 0 aliphatic carbocycles. The Morgan fingerprint density at radius 1 is 0.857 bits per heavy atom. The number of anilines is 3. The van der Waals surface area contributed by atoms with Crippen molar-refractivity contribution in [3.05, 3.63) is 78.4 Å². The minimum absolute atomic E-state index is 0.0519. The first-order valence-electron chi connectivity index (χ1n) is 10.1. The molecule has 10 nitrogen and oxygen atoms in total. The van der Waals surface area contributed by atoms with Gasteiger partial charge < -0.3 is 25.2 Å². The van der Waals surface area contributed by atoms with Gasteiger partial charge in [-0.25, -0.2) is 18.0 Å². The Morgan fingerprint density at radius 3 is 2.17 bits per heavy atom. The number of carbonyl (C=O) groups is 2. The zero-order valence-corrected chi connectivity index (χ0v) is 19.6. The Kier molecular flexibility index (Phi) is 7.95. The van der Waals surface area contributed by atoms with Crippen molar-refractivity contribution in [2.24, 2.45) is 0 Å². The Hall–Kier alpha value is -4.51. The Bertz CT molecular complexity index is 1360. The summed E-state index contributed by atoms with van der Waals surface area (Å²) in [5.74, 6) is -1.14. The number of hydrogen-bond acceptors (Lipinski definition) is 6. The minimum atomic E-state index is -4.21. The number of methoxy groups -OCH3 is 2. The molecule has 0 aliphatic rings. The molecule has 0 aliphatic heterocycles. The van der Waals surface area contributed by atoms with Crippen molar-refractivity contribution in [1.29, 1.82) is 0 Å². The molecule has 0 aromatic heterocycles. The minimum Gasteiger partial charge on any atom is -0.493 e. The van der Waals surface area contributed by atoms with Crippen LogP contribution in [0.4, 0.5) is 21.9 Å². The topological polar surface area (TPSA) is 143 Å². The largest absolute Gasteiger partial charge is 0.493 e. The highest BCUT2D eigenvalue weighted by Crippen LogP contribution is 2.37. The van der Waals surface area contributed by atoms with Crippen molar-refractivity contribution < 1.29 is 32.6 Å². The van der Waals surface area contributed by atoms with Crippen molar-refractivity contribution in [2.45, 2.75) is 4.90 Å². The van der Waals surface area contributed by atoms with Crippen molar-refractivity contribution in [3.63, 3.8) is 0 Å². The van der Waals surface area contributed by atoms with Crippen LogP contribution in [0.3, 0.4) is 0 Å². The van der Waals surface area contributed by atoms with E-state index in [0.717, 1.165) is 6.08 Å². The summed E-state index contributed by atoms with van der Waals surface area (Å²) in [6.07, 6.45) is 2.11. The van der Waals surface area contributed by atoms with Crippen LogP contribution in [0.15, 0.2) is 77.7 Å². The third kappa shape index (κ3) is 6.74. The van der Waals surface area contributed by atoms with E-state index in [1.807, 2.05) is 6.07 Å². The van der Waals surface area contributed by atoms with Gasteiger partial charge in [-0.05, 0) is 54.1 Å². The number of sulfonamides is 1. The van der Waals surface area contributed by atoms with E-state index in [4.69, 9.17) is 14.6 Å². The van der Waals surface area contributed by atoms with Gasteiger partial charge in [0, 0.05) is 17.5 Å². The molecule has 0 bridgehead atoms. The van der Waals surface area contributed by atoms with Gasteiger partial charge in [-0.1, -0.05) is 24.3 Å². The number of carbonyl (C=O) groups excluding carboxylic acids is 1. The molecule has 3 aromatic rings. The molecule has 182 valence electrons. The van der Waals surface area contributed by atoms with Gasteiger partial charge in [-0.15, -0.1) is 0 Å². The third-order valence-corrected chi connectivity index (χ3v) is 5.97. The molecule has 0 radical (unpaired) electrons. The number of benzene rings is 3. The van der Waals surface area contributed by atoms with Gasteiger partial charge in [0.15, 0.2) is 11.5 Å². The van der Waals surface area contributed by atoms with E-state index in [1.165, 1.54) is 44.6 Å². The van der Waals surface area contributed by atoms with Crippen LogP contribution >= 0.6 is 0 Å². The summed E-state index contributed by atoms with van der Waals surface area (Å²) in [6.45, 7) is 0. The van der Waals surface area contributed by atoms with E-state index in [-0.39, 0.29) is 27.6 Å². The summed E-state index contributed by atoms with van der Waals surface area (Å²) in [5, 5.41) is 14.2. The zero-order valence-electron chi connectivity index (χ0n) is 18.8. The zero-order chi connectivity index (χ0) is 25.4. The van der Waals surface area contributed by atoms with Crippen LogP contribution < -0.4 is 24.8 Å². The number of ether oxygens (including phenoxy) is 2. The van der Waals surface area contributed by atoms with Crippen LogP contribution in [0.5, 0.6) is 11.5 Å². The van der Waals surface area contributed by atoms with E-state index in [0.29, 0.717) is 11.4 Å². The fraction of sp³-hybridized carbons (Fsp3) is 0.0833. The van der Waals surface area contributed by atoms with Crippen LogP contribution in [0.25, 0.3) is 6.08 Å². The highest BCUT2D eigenvalue weighted by Gasteiger charge is 2.24. The van der Waals surface area contributed by atoms with E-state index in [2.05, 4.69) is 15.4 Å². The summed E-state index contributed by atoms with van der Waals surface area (Å²) in [7, 11) is -1.58. The first kappa shape index (κ1) is 25.1. The van der Waals surface area contributed by atoms with E-state index < -0.39 is 22.0 Å². The van der Waals surface area contributed by atoms with Gasteiger partial charge in [-0.2, -0.15) is 0 Å². The second kappa shape index (κ2) is 11.1. The Morgan fingerprint density at radius 2 is 1.51 bits per heavy atom. The molecule has 2 amide bonds. The summed E-state index contributed by atoms with van der Waals surface area (Å²) in [5.41, 5.74) is 1.40. The lowest BCUT2D eigenvalue weighted by atomic mass is 10.2. The van der Waals surface area contributed by atoms with Crippen molar-refractivity contribution in [2.75, 3.05) is 29.6 Å². The maximum Gasteiger partial charge on any atom is 0.328 e. The van der Waals surface area contributed by atoms with Gasteiger partial charge in [0.2, 0.25) is 0 Å². The van der Waals surface area contributed by atoms with Gasteiger partial charge in [0.05, 0.1) is 19.9 Å². The van der Waals surface area contributed by atoms with Crippen molar-refractivity contribution in [3.8, 4) is 11.5 Å². The Labute approximate surface area is 202 Å². The molecule has 35 heavy (non-hydrogen) atoms. The maximum atomic E-state index is 13.2. The number of carboxylic acids is 1. The molecule has 3 aromatic carbocycles. The van der Waals surface area contributed by atoms with Gasteiger partial charge in [0.1, 0.15) is 4.90 Å². The summed E-state index contributed by atoms with van der Waals surface area (Å²) in [6, 6.07) is 17.2. The predicted octanol–water partition coefficient (Wildman–Crippen LogP) is 4.25. The molecule has 11 heteroatoms. The van der Waals surface area contributed by atoms with Gasteiger partial charge in [0.25, 0.3) is 10.0 Å². The SMILES string of the molecule is COc1cc(C=CC(=O)O)cc(S(=O)(=O)Nc2cccc(NC(=O)Nc3ccccc3)c2)c1OC. The highest BCUT2D eigenvalue weighted by atomic mass is 32.2. The second-order valence-electron chi connectivity index (χ2n) is 7.06. The fourth-order valence-electron chi connectivity index (χ4n) is 3.10. The first-order chi connectivity index (χ1) is 16.7. The Balaban J connectivity index is 1.86. The molecular formula is C24H23N3O7S. The predicted molar refractivity (Wildman–Crippen MR) is 133 cm³/mol. The number of hydrogen-bond donors (Lipinski definition) is 4. The standard InChI is InChI=1S/C24H23N3O7S/c1-33-20-13-16(11-12-22(28)29)14-21(23(20)34-2)35(31,32)27-19-10-6-9-18(15-19)26-24(30)25-17-7-4-3-5-8-17/h3-15,27H,1-2H3,(H,28,29)(H2,25,26,30). The molecular weight excluding hydrogens is 474 g/mol. The molecule has 0 saturated heterocycles. The first-order valence-corrected chi connectivity index (χ1v) is 11.6. The molecule has 3 rings (SSSR count). The molecule has 0 heterocycles. The average molecular weight is 498 g/mol. The van der Waals surface area contributed by atoms with E-state index >= 15 is 0 Å². The lowest BCUT2D eigenvalue weighted by molar-refractivity contribution is -0.131. The number of urea groups is 1. The smallest absolute Gasteiger partial charge is 0.328 e. The number of para-hydroxylation sites is 1. The van der Waals surface area contributed by atoms with E-state index in [1.54, 1.807) is 36.4 Å². The van der Waals surface area contributed by atoms with Crippen LogP contribution in [-0.2, 0) is 14.8 Å². The summed E-state index contributed by atoms with van der Waals surface area (Å²) >= 11 is 0. The summed E-state index contributed by atoms with van der Waals surface area (Å²) in [4.78, 5) is 22.9. The molecule has 0 saturated carbocycles. The lowest BCUT2D eigenvalue weighted by Gasteiger charge is -2.16. The molecule has 4 N–H and O–H groups in total. The number of amides is 2. The van der Waals surface area contributed by atoms with Crippen molar-refractivity contribution >= 4 is 45.2 Å². The van der Waals surface area contributed by atoms with E-state index in [9.17, 15) is 18.0 Å². The third-order valence-electron chi connectivity index (χ3n) is 4.58. The summed E-state index contributed by atoms with van der Waals surface area (Å²) < 4.78 is 39.4. The molecule has 0 fully saturated rings. The monoisotopic (exact) mass is 497 g/mol. The number of nitrogens with one attached hydrogen (secondary N) is 3. The number of carboxylic acid groups (broad SMARTS) is 1. The second-order valence-corrected chi connectivity index (χ2v) is 8.71. The highest BCUT2D eigenvalue weighted by molar-refractivity contribution is 7.92. The maximum absolute atomic E-state index is 13.2. The van der Waals surface area contributed by atoms with Crippen LogP contribution in [-0.4, -0.2) is 39.7 Å². The average Bonchev–Trinajstić information content (AvgIpc) is 2.82.